The fourth-order valence-corrected chi connectivity index (χ4v) is 2.78. The Morgan fingerprint density at radius 3 is 2.43 bits per heavy atom. The van der Waals surface area contributed by atoms with Crippen molar-refractivity contribution in [2.24, 2.45) is 0 Å². The summed E-state index contributed by atoms with van der Waals surface area (Å²) in [7, 11) is 0. The van der Waals surface area contributed by atoms with E-state index in [0.717, 1.165) is 22.9 Å². The molecular weight excluding hydrogens is 333 g/mol. The Balaban J connectivity index is 1.83. The molecule has 4 heteroatoms. The van der Waals surface area contributed by atoms with Crippen LogP contribution in [0.3, 0.4) is 0 Å². The molecule has 1 fully saturated rings. The van der Waals surface area contributed by atoms with Crippen molar-refractivity contribution in [2.45, 2.75) is 25.4 Å². The summed E-state index contributed by atoms with van der Waals surface area (Å²) >= 11 is 3.43. The second kappa shape index (κ2) is 5.98. The summed E-state index contributed by atoms with van der Waals surface area (Å²) in [5.74, 6) is -0.233. The molecule has 2 nitrogen and oxygen atoms in total. The lowest BCUT2D eigenvalue weighted by Gasteiger charge is -2.23. The van der Waals surface area contributed by atoms with Gasteiger partial charge in [-0.25, -0.2) is 4.39 Å². The molecule has 0 N–H and O–H groups in total. The van der Waals surface area contributed by atoms with Crippen molar-refractivity contribution in [3.05, 3.63) is 69.9 Å². The monoisotopic (exact) mass is 347 g/mol. The molecule has 0 bridgehead atoms. The lowest BCUT2D eigenvalue weighted by Crippen LogP contribution is -2.32. The highest BCUT2D eigenvalue weighted by molar-refractivity contribution is 9.10. The van der Waals surface area contributed by atoms with Crippen LogP contribution in [0.25, 0.3) is 0 Å². The van der Waals surface area contributed by atoms with Crippen LogP contribution in [0.2, 0.25) is 0 Å². The molecular formula is C17H15BrFNO. The number of hydrogen-bond donors (Lipinski definition) is 0. The number of nitrogens with zero attached hydrogens (tertiary/aromatic N) is 1. The molecule has 0 spiro atoms. The van der Waals surface area contributed by atoms with Crippen LogP contribution in [-0.4, -0.2) is 16.8 Å². The zero-order chi connectivity index (χ0) is 14.8. The topological polar surface area (TPSA) is 20.3 Å². The molecule has 2 aromatic rings. The molecule has 0 heterocycles. The van der Waals surface area contributed by atoms with Gasteiger partial charge >= 0.3 is 0 Å². The largest absolute Gasteiger partial charge is 0.331 e. The first-order valence-electron chi connectivity index (χ1n) is 6.95. The maximum atomic E-state index is 13.0. The summed E-state index contributed by atoms with van der Waals surface area (Å²) in [6, 6.07) is 14.1. The Hall–Kier alpha value is -1.68. The standard InChI is InChI=1S/C17H15BrFNO/c18-16-4-2-1-3-15(16)17(21)20(14-9-10-14)11-12-5-7-13(19)8-6-12/h1-8,14H,9-11H2. The third kappa shape index (κ3) is 3.32. The van der Waals surface area contributed by atoms with Crippen molar-refractivity contribution in [1.29, 1.82) is 0 Å². The fourth-order valence-electron chi connectivity index (χ4n) is 2.33. The molecule has 2 aromatic carbocycles. The smallest absolute Gasteiger partial charge is 0.255 e. The van der Waals surface area contributed by atoms with Gasteiger partial charge in [-0.1, -0.05) is 24.3 Å². The Labute approximate surface area is 131 Å². The molecule has 0 unspecified atom stereocenters. The lowest BCUT2D eigenvalue weighted by atomic mass is 10.1. The van der Waals surface area contributed by atoms with Crippen LogP contribution < -0.4 is 0 Å². The van der Waals surface area contributed by atoms with Gasteiger partial charge in [-0.15, -0.1) is 0 Å². The van der Waals surface area contributed by atoms with Crippen LogP contribution in [-0.2, 0) is 6.54 Å². The van der Waals surface area contributed by atoms with Crippen molar-refractivity contribution in [1.82, 2.24) is 4.90 Å². The van der Waals surface area contributed by atoms with Crippen LogP contribution in [0.5, 0.6) is 0 Å². The molecule has 3 rings (SSSR count). The summed E-state index contributed by atoms with van der Waals surface area (Å²) in [4.78, 5) is 14.6. The first-order chi connectivity index (χ1) is 10.1. The molecule has 21 heavy (non-hydrogen) atoms. The lowest BCUT2D eigenvalue weighted by molar-refractivity contribution is 0.0729. The van der Waals surface area contributed by atoms with Gasteiger partial charge in [-0.3, -0.25) is 4.79 Å². The average molecular weight is 348 g/mol. The first kappa shape index (κ1) is 14.3. The SMILES string of the molecule is O=C(c1ccccc1Br)N(Cc1ccc(F)cc1)C1CC1. The quantitative estimate of drug-likeness (QED) is 0.802. The van der Waals surface area contributed by atoms with Gasteiger partial charge in [-0.2, -0.15) is 0 Å². The van der Waals surface area contributed by atoms with Crippen molar-refractivity contribution in [3.8, 4) is 0 Å². The zero-order valence-electron chi connectivity index (χ0n) is 11.4. The molecule has 1 amide bonds. The van der Waals surface area contributed by atoms with Crippen molar-refractivity contribution < 1.29 is 9.18 Å². The van der Waals surface area contributed by atoms with Crippen molar-refractivity contribution >= 4 is 21.8 Å². The molecule has 0 saturated heterocycles. The van der Waals surface area contributed by atoms with E-state index in [1.807, 2.05) is 29.2 Å². The highest BCUT2D eigenvalue weighted by atomic mass is 79.9. The van der Waals surface area contributed by atoms with Crippen LogP contribution in [0.4, 0.5) is 4.39 Å². The summed E-state index contributed by atoms with van der Waals surface area (Å²) in [5.41, 5.74) is 1.62. The average Bonchev–Trinajstić information content (AvgIpc) is 3.31. The number of amides is 1. The van der Waals surface area contributed by atoms with E-state index in [-0.39, 0.29) is 11.7 Å². The number of halogens is 2. The fraction of sp³-hybridized carbons (Fsp3) is 0.235. The van der Waals surface area contributed by atoms with Gasteiger partial charge in [0.25, 0.3) is 5.91 Å². The Morgan fingerprint density at radius 2 is 1.81 bits per heavy atom. The molecule has 1 aliphatic rings. The highest BCUT2D eigenvalue weighted by Gasteiger charge is 2.33. The predicted molar refractivity (Wildman–Crippen MR) is 83.4 cm³/mol. The van der Waals surface area contributed by atoms with Crippen molar-refractivity contribution in [2.75, 3.05) is 0 Å². The maximum absolute atomic E-state index is 13.0. The summed E-state index contributed by atoms with van der Waals surface area (Å²) in [6.07, 6.45) is 2.08. The van der Waals surface area contributed by atoms with Crippen LogP contribution in [0, 0.1) is 5.82 Å². The normalized spacial score (nSPS) is 14.0. The van der Waals surface area contributed by atoms with Gasteiger partial charge in [0.2, 0.25) is 0 Å². The second-order valence-corrected chi connectivity index (χ2v) is 6.12. The molecule has 1 aliphatic carbocycles. The van der Waals surface area contributed by atoms with Crippen LogP contribution in [0.1, 0.15) is 28.8 Å². The van der Waals surface area contributed by atoms with Crippen LogP contribution >= 0.6 is 15.9 Å². The first-order valence-corrected chi connectivity index (χ1v) is 7.74. The van der Waals surface area contributed by atoms with E-state index in [9.17, 15) is 9.18 Å². The summed E-state index contributed by atoms with van der Waals surface area (Å²) in [5, 5.41) is 0. The Bertz CT molecular complexity index is 652. The van der Waals surface area contributed by atoms with E-state index >= 15 is 0 Å². The second-order valence-electron chi connectivity index (χ2n) is 5.27. The molecule has 0 aromatic heterocycles. The molecule has 108 valence electrons. The molecule has 0 aliphatic heterocycles. The Kier molecular flexibility index (Phi) is 4.06. The number of carbonyl (C=O) groups excluding carboxylic acids is 1. The van der Waals surface area contributed by atoms with Gasteiger partial charge < -0.3 is 4.90 Å². The maximum Gasteiger partial charge on any atom is 0.255 e. The molecule has 0 atom stereocenters. The predicted octanol–water partition coefficient (Wildman–Crippen LogP) is 4.39. The van der Waals surface area contributed by atoms with E-state index in [1.54, 1.807) is 12.1 Å². The Morgan fingerprint density at radius 1 is 1.14 bits per heavy atom. The molecule has 0 radical (unpaired) electrons. The third-order valence-electron chi connectivity index (χ3n) is 3.62. The minimum absolute atomic E-state index is 0.0225. The number of hydrogen-bond acceptors (Lipinski definition) is 1. The number of rotatable bonds is 4. The number of benzene rings is 2. The van der Waals surface area contributed by atoms with Crippen molar-refractivity contribution in [3.63, 3.8) is 0 Å². The highest BCUT2D eigenvalue weighted by Crippen LogP contribution is 2.31. The number of carbonyl (C=O) groups is 1. The minimum atomic E-state index is -0.256. The zero-order valence-corrected chi connectivity index (χ0v) is 13.0. The summed E-state index contributed by atoms with van der Waals surface area (Å²) < 4.78 is 13.8. The van der Waals surface area contributed by atoms with E-state index in [2.05, 4.69) is 15.9 Å². The third-order valence-corrected chi connectivity index (χ3v) is 4.31. The van der Waals surface area contributed by atoms with E-state index in [4.69, 9.17) is 0 Å². The van der Waals surface area contributed by atoms with Gasteiger partial charge in [0.1, 0.15) is 5.82 Å². The minimum Gasteiger partial charge on any atom is -0.331 e. The van der Waals surface area contributed by atoms with Gasteiger partial charge in [0.05, 0.1) is 5.56 Å². The van der Waals surface area contributed by atoms with Gasteiger partial charge in [0.15, 0.2) is 0 Å². The van der Waals surface area contributed by atoms with E-state index < -0.39 is 0 Å². The van der Waals surface area contributed by atoms with Gasteiger partial charge in [-0.05, 0) is 58.6 Å². The summed E-state index contributed by atoms with van der Waals surface area (Å²) in [6.45, 7) is 0.519. The van der Waals surface area contributed by atoms with Gasteiger partial charge in [0, 0.05) is 17.1 Å². The van der Waals surface area contributed by atoms with E-state index in [0.29, 0.717) is 18.2 Å². The van der Waals surface area contributed by atoms with E-state index in [1.165, 1.54) is 12.1 Å². The molecule has 1 saturated carbocycles. The van der Waals surface area contributed by atoms with Crippen LogP contribution in [0.15, 0.2) is 53.0 Å².